The SMILES string of the molecule is COC(=O)[C@@H](C(C)C)N1C(=O)CCCC1=O. The zero-order valence-electron chi connectivity index (χ0n) is 9.86. The van der Waals surface area contributed by atoms with Crippen LogP contribution in [0, 0.1) is 5.92 Å². The van der Waals surface area contributed by atoms with Gasteiger partial charge in [0.2, 0.25) is 11.8 Å². The molecule has 0 saturated carbocycles. The Balaban J connectivity index is 2.95. The largest absolute Gasteiger partial charge is 0.467 e. The molecule has 5 heteroatoms. The van der Waals surface area contributed by atoms with Crippen molar-refractivity contribution in [1.29, 1.82) is 0 Å². The Labute approximate surface area is 94.7 Å². The Hall–Kier alpha value is -1.39. The molecule has 1 saturated heterocycles. The lowest BCUT2D eigenvalue weighted by Crippen LogP contribution is -2.53. The van der Waals surface area contributed by atoms with E-state index in [1.165, 1.54) is 7.11 Å². The van der Waals surface area contributed by atoms with Crippen molar-refractivity contribution < 1.29 is 19.1 Å². The summed E-state index contributed by atoms with van der Waals surface area (Å²) in [5.41, 5.74) is 0. The van der Waals surface area contributed by atoms with E-state index in [1.54, 1.807) is 13.8 Å². The van der Waals surface area contributed by atoms with Crippen LogP contribution in [0.2, 0.25) is 0 Å². The predicted molar refractivity (Wildman–Crippen MR) is 56.3 cm³/mol. The van der Waals surface area contributed by atoms with Gasteiger partial charge >= 0.3 is 5.97 Å². The normalized spacial score (nSPS) is 18.9. The Morgan fingerprint density at radius 2 is 1.75 bits per heavy atom. The van der Waals surface area contributed by atoms with Gasteiger partial charge in [0.15, 0.2) is 0 Å². The molecule has 16 heavy (non-hydrogen) atoms. The van der Waals surface area contributed by atoms with Crippen LogP contribution in [-0.4, -0.2) is 35.8 Å². The quantitative estimate of drug-likeness (QED) is 0.526. The molecule has 1 aliphatic heterocycles. The van der Waals surface area contributed by atoms with Crippen molar-refractivity contribution >= 4 is 17.8 Å². The van der Waals surface area contributed by atoms with E-state index in [4.69, 9.17) is 0 Å². The number of likely N-dealkylation sites (tertiary alicyclic amines) is 1. The summed E-state index contributed by atoms with van der Waals surface area (Å²) in [7, 11) is 1.26. The maximum atomic E-state index is 11.7. The Bertz CT molecular complexity index is 295. The molecule has 0 aromatic carbocycles. The highest BCUT2D eigenvalue weighted by Gasteiger charge is 2.38. The van der Waals surface area contributed by atoms with E-state index in [-0.39, 0.29) is 17.7 Å². The Kier molecular flexibility index (Phi) is 4.04. The molecule has 0 unspecified atom stereocenters. The van der Waals surface area contributed by atoms with Crippen LogP contribution in [0.25, 0.3) is 0 Å². The maximum Gasteiger partial charge on any atom is 0.329 e. The summed E-state index contributed by atoms with van der Waals surface area (Å²) in [6.07, 6.45) is 1.22. The Morgan fingerprint density at radius 3 is 2.12 bits per heavy atom. The molecule has 1 aliphatic rings. The van der Waals surface area contributed by atoms with Gasteiger partial charge in [-0.1, -0.05) is 13.8 Å². The highest BCUT2D eigenvalue weighted by atomic mass is 16.5. The van der Waals surface area contributed by atoms with Crippen molar-refractivity contribution in [3.63, 3.8) is 0 Å². The van der Waals surface area contributed by atoms with Crippen LogP contribution >= 0.6 is 0 Å². The first-order valence-corrected chi connectivity index (χ1v) is 5.41. The highest BCUT2D eigenvalue weighted by Crippen LogP contribution is 2.20. The maximum absolute atomic E-state index is 11.7. The number of rotatable bonds is 3. The molecule has 0 aromatic heterocycles. The van der Waals surface area contributed by atoms with Gasteiger partial charge < -0.3 is 4.74 Å². The number of hydrogen-bond donors (Lipinski definition) is 0. The second-order valence-electron chi connectivity index (χ2n) is 4.22. The van der Waals surface area contributed by atoms with Crippen molar-refractivity contribution in [2.75, 3.05) is 7.11 Å². The van der Waals surface area contributed by atoms with Crippen LogP contribution in [0.4, 0.5) is 0 Å². The molecule has 0 N–H and O–H groups in total. The van der Waals surface area contributed by atoms with Crippen LogP contribution in [0.15, 0.2) is 0 Å². The molecule has 0 aromatic rings. The summed E-state index contributed by atoms with van der Waals surface area (Å²) in [6.45, 7) is 3.58. The molecule has 0 aliphatic carbocycles. The molecular formula is C11H17NO4. The van der Waals surface area contributed by atoms with E-state index in [0.717, 1.165) is 4.90 Å². The lowest BCUT2D eigenvalue weighted by Gasteiger charge is -2.33. The summed E-state index contributed by atoms with van der Waals surface area (Å²) in [6, 6.07) is -0.787. The molecule has 1 rings (SSSR count). The van der Waals surface area contributed by atoms with Crippen molar-refractivity contribution in [3.8, 4) is 0 Å². The first-order valence-electron chi connectivity index (χ1n) is 5.41. The summed E-state index contributed by atoms with van der Waals surface area (Å²) < 4.78 is 4.64. The minimum atomic E-state index is -0.787. The monoisotopic (exact) mass is 227 g/mol. The third kappa shape index (κ3) is 2.40. The molecule has 1 atom stereocenters. The van der Waals surface area contributed by atoms with Gasteiger partial charge in [-0.05, 0) is 12.3 Å². The molecule has 2 amide bonds. The third-order valence-corrected chi connectivity index (χ3v) is 2.67. The number of piperidine rings is 1. The number of carbonyl (C=O) groups is 3. The van der Waals surface area contributed by atoms with Crippen molar-refractivity contribution in [3.05, 3.63) is 0 Å². The first kappa shape index (κ1) is 12.7. The molecular weight excluding hydrogens is 210 g/mol. The average molecular weight is 227 g/mol. The summed E-state index contributed by atoms with van der Waals surface area (Å²) >= 11 is 0. The first-order chi connectivity index (χ1) is 7.49. The fourth-order valence-electron chi connectivity index (χ4n) is 1.88. The van der Waals surface area contributed by atoms with Crippen molar-refractivity contribution in [2.45, 2.75) is 39.2 Å². The third-order valence-electron chi connectivity index (χ3n) is 2.67. The van der Waals surface area contributed by atoms with Gasteiger partial charge in [0, 0.05) is 12.8 Å². The second-order valence-corrected chi connectivity index (χ2v) is 4.22. The van der Waals surface area contributed by atoms with Gasteiger partial charge in [-0.2, -0.15) is 0 Å². The van der Waals surface area contributed by atoms with Crippen molar-refractivity contribution in [2.24, 2.45) is 5.92 Å². The molecule has 5 nitrogen and oxygen atoms in total. The van der Waals surface area contributed by atoms with Gasteiger partial charge in [0.05, 0.1) is 7.11 Å². The minimum absolute atomic E-state index is 0.140. The van der Waals surface area contributed by atoms with E-state index in [9.17, 15) is 14.4 Å². The number of methoxy groups -OCH3 is 1. The van der Waals surface area contributed by atoms with E-state index in [2.05, 4.69) is 4.74 Å². The number of hydrogen-bond acceptors (Lipinski definition) is 4. The molecule has 90 valence electrons. The fourth-order valence-corrected chi connectivity index (χ4v) is 1.88. The molecule has 1 heterocycles. The van der Waals surface area contributed by atoms with Gasteiger partial charge in [0.25, 0.3) is 0 Å². The topological polar surface area (TPSA) is 63.7 Å². The van der Waals surface area contributed by atoms with Crippen LogP contribution in [0.5, 0.6) is 0 Å². The van der Waals surface area contributed by atoms with Crippen LogP contribution < -0.4 is 0 Å². The zero-order chi connectivity index (χ0) is 12.3. The number of esters is 1. The number of carbonyl (C=O) groups excluding carboxylic acids is 3. The number of ether oxygens (including phenoxy) is 1. The van der Waals surface area contributed by atoms with Crippen molar-refractivity contribution in [1.82, 2.24) is 4.90 Å². The number of imide groups is 1. The second kappa shape index (κ2) is 5.09. The smallest absolute Gasteiger partial charge is 0.329 e. The van der Waals surface area contributed by atoms with Gasteiger partial charge in [-0.15, -0.1) is 0 Å². The van der Waals surface area contributed by atoms with E-state index in [1.807, 2.05) is 0 Å². The van der Waals surface area contributed by atoms with Gasteiger partial charge in [-0.3, -0.25) is 14.5 Å². The predicted octanol–water partition coefficient (Wildman–Crippen LogP) is 0.723. The van der Waals surface area contributed by atoms with E-state index >= 15 is 0 Å². The number of amides is 2. The number of nitrogens with zero attached hydrogens (tertiary/aromatic N) is 1. The standard InChI is InChI=1S/C11H17NO4/c1-7(2)10(11(15)16-3)12-8(13)5-4-6-9(12)14/h7,10H,4-6H2,1-3H3/t10-/m1/s1. The van der Waals surface area contributed by atoms with Crippen LogP contribution in [0.3, 0.4) is 0 Å². The van der Waals surface area contributed by atoms with Gasteiger partial charge in [0.1, 0.15) is 6.04 Å². The zero-order valence-corrected chi connectivity index (χ0v) is 9.86. The summed E-state index contributed by atoms with van der Waals surface area (Å²) in [5.74, 6) is -1.22. The van der Waals surface area contributed by atoms with E-state index in [0.29, 0.717) is 19.3 Å². The Morgan fingerprint density at radius 1 is 1.25 bits per heavy atom. The van der Waals surface area contributed by atoms with E-state index < -0.39 is 12.0 Å². The lowest BCUT2D eigenvalue weighted by atomic mass is 9.98. The summed E-state index contributed by atoms with van der Waals surface area (Å²) in [4.78, 5) is 36.0. The molecule has 0 radical (unpaired) electrons. The van der Waals surface area contributed by atoms with Crippen LogP contribution in [-0.2, 0) is 19.1 Å². The lowest BCUT2D eigenvalue weighted by molar-refractivity contribution is -0.163. The van der Waals surface area contributed by atoms with Crippen LogP contribution in [0.1, 0.15) is 33.1 Å². The molecule has 0 bridgehead atoms. The summed E-state index contributed by atoms with van der Waals surface area (Å²) in [5, 5.41) is 0. The minimum Gasteiger partial charge on any atom is -0.467 e. The highest BCUT2D eigenvalue weighted by molar-refractivity contribution is 6.01. The van der Waals surface area contributed by atoms with Gasteiger partial charge in [-0.25, -0.2) is 4.79 Å². The fraction of sp³-hybridized carbons (Fsp3) is 0.727. The molecule has 0 spiro atoms. The molecule has 1 fully saturated rings. The average Bonchev–Trinajstić information content (AvgIpc) is 2.22.